The molecule has 10 atom stereocenters. The minimum atomic E-state index is -5.93. The largest absolute Gasteiger partial charge is 0.490 e. The number of fused-ring (bicyclic) bond motifs is 1. The molecule has 0 bridgehead atoms. The van der Waals surface area contributed by atoms with Crippen LogP contribution in [0.4, 0.5) is 5.82 Å². The van der Waals surface area contributed by atoms with Gasteiger partial charge in [-0.2, -0.15) is 21.8 Å². The molecule has 0 amide bonds. The molecule has 3 aromatic heterocycles. The maximum Gasteiger partial charge on any atom is 0.490 e. The van der Waals surface area contributed by atoms with E-state index in [1.807, 2.05) is 9.71 Å². The molecule has 52 heavy (non-hydrogen) atoms. The summed E-state index contributed by atoms with van der Waals surface area (Å²) in [5.74, 6) is -0.0615. The first kappa shape index (κ1) is 40.3. The maximum atomic E-state index is 13.2. The molecule has 10 N–H and O–H groups in total. The standard InChI is InChI=1S/C20H29N8O20P3S/c1-42-15-14(46-52(40,41)25-4-8-12(30)13(31)18(44-8)27-3-2-10(29)26-20(27)32)9(5-43-50(36,37)48-51(38,39)47-49(33,34)35)45-19(15)28-7-24-11-16(21)22-6-23-17(11)28/h2-3,6-9,12-15,18-19,25,30-31H,4-5H2,1H3,(H,36,37)(H,38,39)(H2,21,22,23)(H,26,29,32)(H2,33,34,35)/t8-,9-,12-,13-,14-,15-,18-,19-/m1/s1. The number of aromatic nitrogens is 6. The smallest absolute Gasteiger partial charge is 0.387 e. The third-order valence-electron chi connectivity index (χ3n) is 7.20. The van der Waals surface area contributed by atoms with Gasteiger partial charge in [0.25, 0.3) is 5.56 Å². The average Bonchev–Trinajstić information content (AvgIpc) is 3.67. The number of methoxy groups -OCH3 is 1. The Morgan fingerprint density at radius 2 is 1.65 bits per heavy atom. The van der Waals surface area contributed by atoms with Crippen LogP contribution in [0.2, 0.25) is 0 Å². The van der Waals surface area contributed by atoms with E-state index < -0.39 is 107 Å². The van der Waals surface area contributed by atoms with Crippen molar-refractivity contribution >= 4 is 50.8 Å². The number of nitrogens with zero attached hydrogens (tertiary/aromatic N) is 5. The Balaban J connectivity index is 1.36. The van der Waals surface area contributed by atoms with E-state index in [2.05, 4.69) is 28.1 Å². The highest BCUT2D eigenvalue weighted by molar-refractivity contribution is 7.84. The molecule has 2 fully saturated rings. The number of hydrogen-bond donors (Lipinski definition) is 9. The molecule has 0 saturated carbocycles. The minimum Gasteiger partial charge on any atom is -0.387 e. The Morgan fingerprint density at radius 1 is 0.962 bits per heavy atom. The summed E-state index contributed by atoms with van der Waals surface area (Å²) in [5, 5.41) is 21.0. The van der Waals surface area contributed by atoms with Crippen molar-refractivity contribution < 1.29 is 83.4 Å². The normalized spacial score (nSPS) is 29.3. The number of imidazole rings is 1. The zero-order valence-corrected chi connectivity index (χ0v) is 29.3. The first-order valence-corrected chi connectivity index (χ1v) is 19.9. The lowest BCUT2D eigenvalue weighted by atomic mass is 10.1. The SMILES string of the molecule is CO[C@@H]1[C@H](OS(=O)(=O)NC[C@H]2O[C@@H](n3ccc(=O)[nH]c3=O)[C@H](O)[C@@H]2O)[C@@H](COP(=O)(O)OP(=O)(O)OP(=O)(O)O)O[C@H]1n1cnc2c(N)ncnc21. The van der Waals surface area contributed by atoms with E-state index in [9.17, 15) is 51.7 Å². The summed E-state index contributed by atoms with van der Waals surface area (Å²) in [4.78, 5) is 74.4. The van der Waals surface area contributed by atoms with Crippen LogP contribution < -0.4 is 21.7 Å². The number of aliphatic hydroxyl groups is 2. The predicted octanol–water partition coefficient (Wildman–Crippen LogP) is -3.95. The molecule has 2 aliphatic rings. The molecule has 0 radical (unpaired) electrons. The first-order valence-electron chi connectivity index (χ1n) is 14.0. The van der Waals surface area contributed by atoms with E-state index in [4.69, 9.17) is 33.9 Å². The van der Waals surface area contributed by atoms with Crippen LogP contribution >= 0.6 is 23.5 Å². The molecule has 2 saturated heterocycles. The number of ether oxygens (including phenoxy) is 3. The van der Waals surface area contributed by atoms with E-state index in [0.717, 1.165) is 36.6 Å². The molecule has 2 unspecified atom stereocenters. The van der Waals surface area contributed by atoms with E-state index in [0.29, 0.717) is 0 Å². The van der Waals surface area contributed by atoms with E-state index in [1.165, 1.54) is 4.57 Å². The van der Waals surface area contributed by atoms with Gasteiger partial charge in [-0.25, -0.2) is 37.6 Å². The minimum absolute atomic E-state index is 0.0369. The second-order valence-electron chi connectivity index (χ2n) is 10.7. The number of phosphoric acid groups is 3. The molecule has 3 aromatic rings. The van der Waals surface area contributed by atoms with Gasteiger partial charge in [0.05, 0.1) is 12.9 Å². The summed E-state index contributed by atoms with van der Waals surface area (Å²) in [5.41, 5.74) is 4.18. The molecule has 28 nitrogen and oxygen atoms in total. The van der Waals surface area contributed by atoms with Gasteiger partial charge in [-0.15, -0.1) is 0 Å². The number of anilines is 1. The Bertz CT molecular complexity index is 2160. The van der Waals surface area contributed by atoms with Crippen LogP contribution in [0.25, 0.3) is 11.2 Å². The van der Waals surface area contributed by atoms with Gasteiger partial charge >= 0.3 is 39.5 Å². The van der Waals surface area contributed by atoms with Crippen molar-refractivity contribution in [3.8, 4) is 0 Å². The average molecular weight is 826 g/mol. The summed E-state index contributed by atoms with van der Waals surface area (Å²) in [6, 6.07) is 0.936. The summed E-state index contributed by atoms with van der Waals surface area (Å²) < 4.78 is 99.6. The lowest BCUT2D eigenvalue weighted by Gasteiger charge is -2.24. The number of nitrogens with one attached hydrogen (secondary N) is 2. The number of H-pyrrole nitrogens is 1. The number of nitrogens with two attached hydrogens (primary N) is 1. The Kier molecular flexibility index (Phi) is 11.7. The fraction of sp³-hybridized carbons (Fsp3) is 0.550. The molecule has 32 heteroatoms. The van der Waals surface area contributed by atoms with Gasteiger partial charge in [0.2, 0.25) is 0 Å². The van der Waals surface area contributed by atoms with E-state index in [1.54, 1.807) is 0 Å². The fourth-order valence-corrected chi connectivity index (χ4v) is 9.07. The second-order valence-corrected chi connectivity index (χ2v) is 16.5. The molecular formula is C20H29N8O20P3S. The van der Waals surface area contributed by atoms with Crippen LogP contribution in [0.15, 0.2) is 34.5 Å². The molecule has 0 aliphatic carbocycles. The molecule has 0 spiro atoms. The highest BCUT2D eigenvalue weighted by Crippen LogP contribution is 2.66. The predicted molar refractivity (Wildman–Crippen MR) is 163 cm³/mol. The molecule has 290 valence electrons. The molecule has 2 aliphatic heterocycles. The Labute approximate surface area is 288 Å². The number of hydrogen-bond acceptors (Lipinski definition) is 20. The van der Waals surface area contributed by atoms with Crippen LogP contribution in [0.1, 0.15) is 12.5 Å². The first-order chi connectivity index (χ1) is 24.1. The van der Waals surface area contributed by atoms with E-state index in [-0.39, 0.29) is 17.0 Å². The van der Waals surface area contributed by atoms with Gasteiger partial charge in [-0.05, 0) is 0 Å². The molecule has 0 aromatic carbocycles. The van der Waals surface area contributed by atoms with Gasteiger partial charge in [0.1, 0.15) is 48.5 Å². The molecular weight excluding hydrogens is 797 g/mol. The zero-order valence-electron chi connectivity index (χ0n) is 25.8. The second kappa shape index (κ2) is 15.1. The van der Waals surface area contributed by atoms with Gasteiger partial charge < -0.3 is 49.7 Å². The van der Waals surface area contributed by atoms with Gasteiger partial charge in [-0.3, -0.25) is 23.4 Å². The number of nitrogen functional groups attached to an aromatic ring is 1. The van der Waals surface area contributed by atoms with Crippen molar-refractivity contribution in [2.24, 2.45) is 0 Å². The van der Waals surface area contributed by atoms with Crippen molar-refractivity contribution in [3.05, 3.63) is 45.8 Å². The van der Waals surface area contributed by atoms with Crippen LogP contribution in [0, 0.1) is 0 Å². The number of rotatable bonds is 15. The third kappa shape index (κ3) is 9.24. The topological polar surface area (TPSA) is 408 Å². The van der Waals surface area contributed by atoms with Gasteiger partial charge in [-0.1, -0.05) is 0 Å². The van der Waals surface area contributed by atoms with Crippen molar-refractivity contribution in [1.82, 2.24) is 33.8 Å². The maximum absolute atomic E-state index is 13.2. The fourth-order valence-electron chi connectivity index (χ4n) is 5.08. The summed E-state index contributed by atoms with van der Waals surface area (Å²) in [6.45, 7) is -1.99. The highest BCUT2D eigenvalue weighted by atomic mass is 32.2. The van der Waals surface area contributed by atoms with Crippen molar-refractivity contribution in [1.29, 1.82) is 0 Å². The summed E-state index contributed by atoms with van der Waals surface area (Å²) >= 11 is 0. The van der Waals surface area contributed by atoms with Crippen LogP contribution in [0.3, 0.4) is 0 Å². The van der Waals surface area contributed by atoms with Gasteiger partial charge in [0.15, 0.2) is 23.9 Å². The Hall–Kier alpha value is -2.89. The molecule has 5 heterocycles. The van der Waals surface area contributed by atoms with Crippen molar-refractivity contribution in [2.45, 2.75) is 49.1 Å². The number of phosphoric ester groups is 1. The molecule has 5 rings (SSSR count). The zero-order chi connectivity index (χ0) is 38.4. The van der Waals surface area contributed by atoms with Gasteiger partial charge in [0, 0.05) is 25.9 Å². The van der Waals surface area contributed by atoms with Crippen molar-refractivity contribution in [2.75, 3.05) is 26.0 Å². The van der Waals surface area contributed by atoms with Crippen molar-refractivity contribution in [3.63, 3.8) is 0 Å². The van der Waals surface area contributed by atoms with Crippen LogP contribution in [-0.2, 0) is 55.5 Å². The summed E-state index contributed by atoms with van der Waals surface area (Å²) in [6.07, 6.45) is -9.94. The third-order valence-corrected chi connectivity index (χ3v) is 12.0. The van der Waals surface area contributed by atoms with E-state index >= 15 is 0 Å². The van der Waals surface area contributed by atoms with Crippen LogP contribution in [-0.4, -0.2) is 124 Å². The quantitative estimate of drug-likeness (QED) is 0.0660. The number of aromatic amines is 1. The number of aliphatic hydroxyl groups excluding tert-OH is 2. The Morgan fingerprint density at radius 3 is 2.31 bits per heavy atom. The lowest BCUT2D eigenvalue weighted by Crippen LogP contribution is -2.45. The summed E-state index contributed by atoms with van der Waals surface area (Å²) in [7, 11) is -21.3. The highest BCUT2D eigenvalue weighted by Gasteiger charge is 2.51. The lowest BCUT2D eigenvalue weighted by molar-refractivity contribution is -0.0577. The monoisotopic (exact) mass is 826 g/mol. The van der Waals surface area contributed by atoms with Crippen LogP contribution in [0.5, 0.6) is 0 Å².